The van der Waals surface area contributed by atoms with Gasteiger partial charge in [-0.25, -0.2) is 0 Å². The lowest BCUT2D eigenvalue weighted by molar-refractivity contribution is -0.0572. The van der Waals surface area contributed by atoms with Crippen molar-refractivity contribution in [3.8, 4) is 5.75 Å². The van der Waals surface area contributed by atoms with E-state index in [0.29, 0.717) is 5.92 Å². The van der Waals surface area contributed by atoms with Crippen molar-refractivity contribution in [2.75, 3.05) is 7.11 Å². The zero-order valence-corrected chi connectivity index (χ0v) is 12.6. The number of ether oxygens (including phenoxy) is 1. The molecule has 2 nitrogen and oxygen atoms in total. The van der Waals surface area contributed by atoms with Gasteiger partial charge in [0.2, 0.25) is 0 Å². The fraction of sp³-hybridized carbons (Fsp3) is 0.647. The average Bonchev–Trinajstić information content (AvgIpc) is 2.42. The maximum absolute atomic E-state index is 11.2. The van der Waals surface area contributed by atoms with E-state index in [-0.39, 0.29) is 0 Å². The maximum atomic E-state index is 11.2. The SMILES string of the molecule is CCC1CCCCC1(O)c1ccc(C)c(C)c1OC. The van der Waals surface area contributed by atoms with Crippen LogP contribution in [0.3, 0.4) is 0 Å². The van der Waals surface area contributed by atoms with Crippen molar-refractivity contribution in [2.24, 2.45) is 5.92 Å². The molecule has 0 bridgehead atoms. The molecule has 1 saturated carbocycles. The van der Waals surface area contributed by atoms with E-state index in [1.807, 2.05) is 0 Å². The maximum Gasteiger partial charge on any atom is 0.128 e. The van der Waals surface area contributed by atoms with Gasteiger partial charge in [-0.2, -0.15) is 0 Å². The second-order valence-electron chi connectivity index (χ2n) is 5.86. The van der Waals surface area contributed by atoms with Gasteiger partial charge in [0.1, 0.15) is 5.75 Å². The van der Waals surface area contributed by atoms with Crippen molar-refractivity contribution in [1.82, 2.24) is 0 Å². The molecule has 1 aromatic carbocycles. The Hall–Kier alpha value is -1.02. The van der Waals surface area contributed by atoms with Crippen LogP contribution in [0.5, 0.6) is 5.75 Å². The smallest absolute Gasteiger partial charge is 0.128 e. The van der Waals surface area contributed by atoms with Gasteiger partial charge in [-0.05, 0) is 43.7 Å². The lowest BCUT2D eigenvalue weighted by atomic mass is 9.69. The summed E-state index contributed by atoms with van der Waals surface area (Å²) >= 11 is 0. The first-order valence-corrected chi connectivity index (χ1v) is 7.41. The third kappa shape index (κ3) is 2.38. The summed E-state index contributed by atoms with van der Waals surface area (Å²) in [5.74, 6) is 1.22. The summed E-state index contributed by atoms with van der Waals surface area (Å²) in [4.78, 5) is 0. The van der Waals surface area contributed by atoms with Gasteiger partial charge in [0, 0.05) is 5.56 Å². The van der Waals surface area contributed by atoms with Gasteiger partial charge in [-0.1, -0.05) is 38.3 Å². The number of aliphatic hydroxyl groups is 1. The molecule has 2 heteroatoms. The summed E-state index contributed by atoms with van der Waals surface area (Å²) in [6, 6.07) is 4.17. The van der Waals surface area contributed by atoms with E-state index in [9.17, 15) is 5.11 Å². The van der Waals surface area contributed by atoms with Gasteiger partial charge in [0.05, 0.1) is 12.7 Å². The Morgan fingerprint density at radius 2 is 2.05 bits per heavy atom. The molecule has 19 heavy (non-hydrogen) atoms. The van der Waals surface area contributed by atoms with Crippen molar-refractivity contribution < 1.29 is 9.84 Å². The Morgan fingerprint density at radius 1 is 1.32 bits per heavy atom. The highest BCUT2D eigenvalue weighted by atomic mass is 16.5. The molecule has 1 fully saturated rings. The van der Waals surface area contributed by atoms with Crippen LogP contribution in [0.1, 0.15) is 55.7 Å². The number of methoxy groups -OCH3 is 1. The zero-order chi connectivity index (χ0) is 14.0. The molecule has 1 aliphatic rings. The van der Waals surface area contributed by atoms with E-state index >= 15 is 0 Å². The molecule has 2 atom stereocenters. The van der Waals surface area contributed by atoms with E-state index in [2.05, 4.69) is 32.9 Å². The summed E-state index contributed by atoms with van der Waals surface area (Å²) in [6.07, 6.45) is 5.32. The first kappa shape index (κ1) is 14.4. The number of hydrogen-bond donors (Lipinski definition) is 1. The van der Waals surface area contributed by atoms with Crippen LogP contribution in [0.25, 0.3) is 0 Å². The van der Waals surface area contributed by atoms with Crippen LogP contribution >= 0.6 is 0 Å². The highest BCUT2D eigenvalue weighted by molar-refractivity contribution is 5.48. The molecule has 0 heterocycles. The first-order valence-electron chi connectivity index (χ1n) is 7.41. The molecule has 0 aliphatic heterocycles. The average molecular weight is 262 g/mol. The van der Waals surface area contributed by atoms with Crippen molar-refractivity contribution in [2.45, 2.75) is 58.5 Å². The highest BCUT2D eigenvalue weighted by Gasteiger charge is 2.41. The van der Waals surface area contributed by atoms with Gasteiger partial charge in [0.25, 0.3) is 0 Å². The topological polar surface area (TPSA) is 29.5 Å². The summed E-state index contributed by atoms with van der Waals surface area (Å²) in [6.45, 7) is 6.34. The third-order valence-corrected chi connectivity index (χ3v) is 4.88. The minimum absolute atomic E-state index is 0.345. The lowest BCUT2D eigenvalue weighted by Gasteiger charge is -2.41. The minimum atomic E-state index is -0.712. The number of rotatable bonds is 3. The number of benzene rings is 1. The molecule has 2 rings (SSSR count). The molecule has 2 unspecified atom stereocenters. The number of aryl methyl sites for hydroxylation is 1. The molecule has 0 spiro atoms. The molecule has 0 amide bonds. The van der Waals surface area contributed by atoms with Crippen molar-refractivity contribution in [3.05, 3.63) is 28.8 Å². The van der Waals surface area contributed by atoms with Crippen LogP contribution in [0.4, 0.5) is 0 Å². The molecule has 106 valence electrons. The van der Waals surface area contributed by atoms with Gasteiger partial charge >= 0.3 is 0 Å². The molecule has 1 aliphatic carbocycles. The predicted octanol–water partition coefficient (Wildman–Crippen LogP) is 4.10. The second kappa shape index (κ2) is 5.54. The van der Waals surface area contributed by atoms with Gasteiger partial charge < -0.3 is 9.84 Å². The van der Waals surface area contributed by atoms with E-state index in [1.165, 1.54) is 12.0 Å². The normalized spacial score (nSPS) is 27.3. The van der Waals surface area contributed by atoms with E-state index < -0.39 is 5.60 Å². The second-order valence-corrected chi connectivity index (χ2v) is 5.86. The van der Waals surface area contributed by atoms with Crippen LogP contribution in [0, 0.1) is 19.8 Å². The zero-order valence-electron chi connectivity index (χ0n) is 12.6. The fourth-order valence-electron chi connectivity index (χ4n) is 3.52. The molecule has 1 N–H and O–H groups in total. The Kier molecular flexibility index (Phi) is 4.19. The molecular weight excluding hydrogens is 236 g/mol. The first-order chi connectivity index (χ1) is 9.04. The van der Waals surface area contributed by atoms with Crippen molar-refractivity contribution in [1.29, 1.82) is 0 Å². The standard InChI is InChI=1S/C17H26O2/c1-5-14-8-6-7-11-17(14,18)15-10-9-12(2)13(3)16(15)19-4/h9-10,14,18H,5-8,11H2,1-4H3. The quantitative estimate of drug-likeness (QED) is 0.888. The van der Waals surface area contributed by atoms with Crippen LogP contribution in [0.15, 0.2) is 12.1 Å². The van der Waals surface area contributed by atoms with Crippen molar-refractivity contribution in [3.63, 3.8) is 0 Å². The van der Waals surface area contributed by atoms with Gasteiger partial charge in [-0.15, -0.1) is 0 Å². The largest absolute Gasteiger partial charge is 0.496 e. The monoisotopic (exact) mass is 262 g/mol. The number of hydrogen-bond acceptors (Lipinski definition) is 2. The Balaban J connectivity index is 2.52. The van der Waals surface area contributed by atoms with Gasteiger partial charge in [0.15, 0.2) is 0 Å². The predicted molar refractivity (Wildman–Crippen MR) is 78.6 cm³/mol. The highest BCUT2D eigenvalue weighted by Crippen LogP contribution is 2.47. The van der Waals surface area contributed by atoms with Crippen LogP contribution in [-0.2, 0) is 5.60 Å². The molecule has 0 radical (unpaired) electrons. The van der Waals surface area contributed by atoms with Crippen molar-refractivity contribution >= 4 is 0 Å². The molecule has 0 aromatic heterocycles. The van der Waals surface area contributed by atoms with E-state index in [1.54, 1.807) is 7.11 Å². The Labute approximate surface area is 116 Å². The third-order valence-electron chi connectivity index (χ3n) is 4.88. The fourth-order valence-corrected chi connectivity index (χ4v) is 3.52. The van der Waals surface area contributed by atoms with E-state index in [4.69, 9.17) is 4.74 Å². The van der Waals surface area contributed by atoms with Crippen LogP contribution in [-0.4, -0.2) is 12.2 Å². The Bertz CT molecular complexity index is 453. The summed E-state index contributed by atoms with van der Waals surface area (Å²) in [7, 11) is 1.71. The molecular formula is C17H26O2. The Morgan fingerprint density at radius 3 is 2.68 bits per heavy atom. The molecule has 1 aromatic rings. The summed E-state index contributed by atoms with van der Waals surface area (Å²) < 4.78 is 5.61. The molecule has 0 saturated heterocycles. The lowest BCUT2D eigenvalue weighted by Crippen LogP contribution is -2.38. The van der Waals surface area contributed by atoms with Gasteiger partial charge in [-0.3, -0.25) is 0 Å². The van der Waals surface area contributed by atoms with Crippen LogP contribution < -0.4 is 4.74 Å². The van der Waals surface area contributed by atoms with Crippen LogP contribution in [0.2, 0.25) is 0 Å². The summed E-state index contributed by atoms with van der Waals surface area (Å²) in [5, 5.41) is 11.2. The minimum Gasteiger partial charge on any atom is -0.496 e. The van der Waals surface area contributed by atoms with E-state index in [0.717, 1.165) is 42.6 Å². The summed E-state index contributed by atoms with van der Waals surface area (Å²) in [5.41, 5.74) is 2.64.